The van der Waals surface area contributed by atoms with E-state index >= 15 is 0 Å². The Morgan fingerprint density at radius 1 is 1.26 bits per heavy atom. The number of aromatic nitrogens is 3. The number of anilines is 1. The molecule has 0 spiro atoms. The van der Waals surface area contributed by atoms with Crippen molar-refractivity contribution in [3.05, 3.63) is 45.5 Å². The van der Waals surface area contributed by atoms with Crippen molar-refractivity contribution in [2.45, 2.75) is 33.6 Å². The van der Waals surface area contributed by atoms with E-state index in [1.54, 1.807) is 0 Å². The number of pyridine rings is 1. The van der Waals surface area contributed by atoms with E-state index in [0.717, 1.165) is 45.0 Å². The molecule has 2 amide bonds. The van der Waals surface area contributed by atoms with Crippen LogP contribution < -0.4 is 5.32 Å². The summed E-state index contributed by atoms with van der Waals surface area (Å²) in [6.45, 7) is 7.14. The molecule has 3 aromatic rings. The van der Waals surface area contributed by atoms with E-state index in [9.17, 15) is 9.59 Å². The summed E-state index contributed by atoms with van der Waals surface area (Å²) in [6.07, 6.45) is 5.90. The van der Waals surface area contributed by atoms with E-state index in [4.69, 9.17) is 0 Å². The van der Waals surface area contributed by atoms with Crippen LogP contribution in [-0.2, 0) is 4.79 Å². The first-order chi connectivity index (χ1) is 14.9. The van der Waals surface area contributed by atoms with Crippen LogP contribution in [0, 0.1) is 25.7 Å². The van der Waals surface area contributed by atoms with Crippen LogP contribution in [0.4, 0.5) is 5.82 Å². The molecule has 160 valence electrons. The van der Waals surface area contributed by atoms with Crippen LogP contribution in [0.25, 0.3) is 16.6 Å². The molecule has 1 aliphatic heterocycles. The van der Waals surface area contributed by atoms with Crippen LogP contribution in [0.15, 0.2) is 24.4 Å². The molecule has 2 N–H and O–H groups in total. The maximum absolute atomic E-state index is 13.0. The van der Waals surface area contributed by atoms with Crippen LogP contribution in [0.1, 0.15) is 45.7 Å². The van der Waals surface area contributed by atoms with Gasteiger partial charge in [0.2, 0.25) is 5.91 Å². The number of rotatable bonds is 4. The summed E-state index contributed by atoms with van der Waals surface area (Å²) in [5.41, 5.74) is 3.79. The maximum atomic E-state index is 13.0. The first-order valence-corrected chi connectivity index (χ1v) is 11.4. The molecule has 1 unspecified atom stereocenters. The van der Waals surface area contributed by atoms with Gasteiger partial charge in [-0.3, -0.25) is 9.59 Å². The van der Waals surface area contributed by atoms with Gasteiger partial charge in [-0.1, -0.05) is 13.0 Å². The predicted octanol–water partition coefficient (Wildman–Crippen LogP) is 4.16. The molecule has 1 saturated carbocycles. The maximum Gasteiger partial charge on any atom is 0.266 e. The van der Waals surface area contributed by atoms with Crippen molar-refractivity contribution in [1.29, 1.82) is 0 Å². The highest BCUT2D eigenvalue weighted by atomic mass is 32.1. The minimum atomic E-state index is 0.0435. The predicted molar refractivity (Wildman–Crippen MR) is 122 cm³/mol. The zero-order valence-electron chi connectivity index (χ0n) is 17.9. The van der Waals surface area contributed by atoms with Crippen LogP contribution in [-0.4, -0.2) is 44.8 Å². The number of fused-ring (bicyclic) bond motifs is 1. The van der Waals surface area contributed by atoms with Gasteiger partial charge in [0.25, 0.3) is 5.91 Å². The number of aromatic amines is 1. The topological polar surface area (TPSA) is 91.0 Å². The zero-order chi connectivity index (χ0) is 21.7. The normalized spacial score (nSPS) is 18.9. The van der Waals surface area contributed by atoms with Gasteiger partial charge in [-0.15, -0.1) is 11.3 Å². The van der Waals surface area contributed by atoms with Crippen molar-refractivity contribution in [3.63, 3.8) is 0 Å². The van der Waals surface area contributed by atoms with Crippen LogP contribution in [0.3, 0.4) is 0 Å². The Hall–Kier alpha value is -3.00. The molecular weight excluding hydrogens is 410 g/mol. The average Bonchev–Trinajstić information content (AvgIpc) is 3.39. The molecule has 2 aliphatic rings. The number of amides is 2. The Morgan fingerprint density at radius 3 is 2.74 bits per heavy atom. The first kappa shape index (κ1) is 19.9. The third kappa shape index (κ3) is 3.76. The number of carbonyl (C=O) groups is 2. The van der Waals surface area contributed by atoms with E-state index in [2.05, 4.69) is 33.3 Å². The van der Waals surface area contributed by atoms with E-state index in [1.807, 2.05) is 37.1 Å². The number of aryl methyl sites for hydroxylation is 2. The zero-order valence-corrected chi connectivity index (χ0v) is 18.7. The molecule has 31 heavy (non-hydrogen) atoms. The second kappa shape index (κ2) is 7.60. The van der Waals surface area contributed by atoms with Gasteiger partial charge in [0.15, 0.2) is 0 Å². The molecule has 1 fully saturated rings. The van der Waals surface area contributed by atoms with Crippen molar-refractivity contribution in [1.82, 2.24) is 19.9 Å². The molecule has 0 saturated heterocycles. The Morgan fingerprint density at radius 2 is 2.06 bits per heavy atom. The second-order valence-corrected chi connectivity index (χ2v) is 9.68. The molecule has 0 radical (unpaired) electrons. The Labute approximate surface area is 184 Å². The minimum Gasteiger partial charge on any atom is -0.346 e. The summed E-state index contributed by atoms with van der Waals surface area (Å²) in [7, 11) is 0. The molecule has 8 heteroatoms. The third-order valence-corrected chi connectivity index (χ3v) is 7.04. The van der Waals surface area contributed by atoms with Gasteiger partial charge in [-0.2, -0.15) is 0 Å². The molecule has 0 aromatic carbocycles. The molecule has 7 nitrogen and oxygen atoms in total. The number of hydrogen-bond acceptors (Lipinski definition) is 5. The molecule has 1 aliphatic carbocycles. The fraction of sp³-hybridized carbons (Fsp3) is 0.391. The monoisotopic (exact) mass is 435 g/mol. The van der Waals surface area contributed by atoms with Crippen LogP contribution in [0.5, 0.6) is 0 Å². The largest absolute Gasteiger partial charge is 0.346 e. The highest BCUT2D eigenvalue weighted by molar-refractivity contribution is 7.13. The Kier molecular flexibility index (Phi) is 4.89. The quantitative estimate of drug-likeness (QED) is 0.644. The van der Waals surface area contributed by atoms with E-state index in [0.29, 0.717) is 18.9 Å². The van der Waals surface area contributed by atoms with E-state index in [1.165, 1.54) is 16.9 Å². The van der Waals surface area contributed by atoms with Gasteiger partial charge >= 0.3 is 0 Å². The summed E-state index contributed by atoms with van der Waals surface area (Å²) in [5.74, 6) is 0.936. The molecule has 0 bridgehead atoms. The number of H-pyrrole nitrogens is 1. The van der Waals surface area contributed by atoms with Gasteiger partial charge in [0.05, 0.1) is 10.7 Å². The second-order valence-electron chi connectivity index (χ2n) is 8.48. The Balaban J connectivity index is 1.44. The summed E-state index contributed by atoms with van der Waals surface area (Å²) >= 11 is 1.46. The lowest BCUT2D eigenvalue weighted by atomic mass is 9.89. The van der Waals surface area contributed by atoms with E-state index in [-0.39, 0.29) is 23.7 Å². The summed E-state index contributed by atoms with van der Waals surface area (Å²) < 4.78 is 0. The molecule has 1 atom stereocenters. The average molecular weight is 436 g/mol. The Bertz CT molecular complexity index is 1220. The minimum absolute atomic E-state index is 0.0435. The van der Waals surface area contributed by atoms with Crippen LogP contribution in [0.2, 0.25) is 0 Å². The molecular formula is C23H25N5O2S. The SMILES string of the molecule is Cc1nc(C)c(C(=O)N2CC=C(c3cc(NC(=O)C4CC4)nc4[nH]ccc34)C(C)C2)s1. The molecule has 5 rings (SSSR count). The molecule has 3 aromatic heterocycles. The van der Waals surface area contributed by atoms with Crippen molar-refractivity contribution in [2.24, 2.45) is 11.8 Å². The lowest BCUT2D eigenvalue weighted by Crippen LogP contribution is -2.38. The van der Waals surface area contributed by atoms with Gasteiger partial charge < -0.3 is 15.2 Å². The lowest BCUT2D eigenvalue weighted by Gasteiger charge is -2.31. The summed E-state index contributed by atoms with van der Waals surface area (Å²) in [5, 5.41) is 4.91. The van der Waals surface area contributed by atoms with Crippen molar-refractivity contribution in [3.8, 4) is 0 Å². The van der Waals surface area contributed by atoms with Crippen molar-refractivity contribution >= 4 is 45.6 Å². The molecule has 4 heterocycles. The van der Waals surface area contributed by atoms with Crippen LogP contribution >= 0.6 is 11.3 Å². The fourth-order valence-corrected chi connectivity index (χ4v) is 5.13. The van der Waals surface area contributed by atoms with Gasteiger partial charge in [0.1, 0.15) is 16.3 Å². The number of nitrogens with zero attached hydrogens (tertiary/aromatic N) is 3. The fourth-order valence-electron chi connectivity index (χ4n) is 4.24. The third-order valence-electron chi connectivity index (χ3n) is 5.98. The van der Waals surface area contributed by atoms with Gasteiger partial charge in [-0.05, 0) is 55.9 Å². The highest BCUT2D eigenvalue weighted by Gasteiger charge is 2.31. The number of thiazole rings is 1. The van der Waals surface area contributed by atoms with Gasteiger partial charge in [-0.25, -0.2) is 9.97 Å². The summed E-state index contributed by atoms with van der Waals surface area (Å²) in [4.78, 5) is 40.1. The number of hydrogen-bond donors (Lipinski definition) is 2. The van der Waals surface area contributed by atoms with Gasteiger partial charge in [0, 0.05) is 30.6 Å². The smallest absolute Gasteiger partial charge is 0.266 e. The lowest BCUT2D eigenvalue weighted by molar-refractivity contribution is -0.117. The number of nitrogens with one attached hydrogen (secondary N) is 2. The van der Waals surface area contributed by atoms with Crippen molar-refractivity contribution in [2.75, 3.05) is 18.4 Å². The van der Waals surface area contributed by atoms with Crippen molar-refractivity contribution < 1.29 is 9.59 Å². The first-order valence-electron chi connectivity index (χ1n) is 10.6. The van der Waals surface area contributed by atoms with E-state index < -0.39 is 0 Å². The summed E-state index contributed by atoms with van der Waals surface area (Å²) in [6, 6.07) is 3.98. The standard InChI is InChI=1S/C23H25N5O2S/c1-12-11-28(23(30)20-13(2)25-14(3)31-20)9-7-16(12)18-10-19(27-22(29)15-4-5-15)26-21-17(18)6-8-24-21/h6-8,10,12,15H,4-5,9,11H2,1-3H3,(H2,24,26,27,29). The highest BCUT2D eigenvalue weighted by Crippen LogP contribution is 2.35. The number of carbonyl (C=O) groups excluding carboxylic acids is 2.